The highest BCUT2D eigenvalue weighted by molar-refractivity contribution is 7.18. The molecule has 0 saturated carbocycles. The minimum atomic E-state index is -1.32. The topological polar surface area (TPSA) is 0 Å². The number of rotatable bonds is 5. The van der Waals surface area contributed by atoms with E-state index in [1.807, 2.05) is 0 Å². The van der Waals surface area contributed by atoms with Gasteiger partial charge in [0, 0.05) is 24.2 Å². The van der Waals surface area contributed by atoms with E-state index in [-0.39, 0.29) is 0 Å². The first-order valence-electron chi connectivity index (χ1n) is 7.60. The molecule has 0 spiro atoms. The predicted octanol–water partition coefficient (Wildman–Crippen LogP) is 6.25. The molecule has 0 aromatic rings. The molecule has 19 heavy (non-hydrogen) atoms. The molecule has 0 saturated heterocycles. The molecule has 0 aromatic heterocycles. The van der Waals surface area contributed by atoms with Crippen molar-refractivity contribution < 1.29 is 0 Å². The second kappa shape index (κ2) is 5.11. The quantitative estimate of drug-likeness (QED) is 0.522. The molecule has 0 aliphatic rings. The van der Waals surface area contributed by atoms with E-state index in [0.717, 1.165) is 0 Å². The van der Waals surface area contributed by atoms with Crippen LogP contribution in [0.3, 0.4) is 0 Å². The van der Waals surface area contributed by atoms with Gasteiger partial charge in [0.1, 0.15) is 0 Å². The van der Waals surface area contributed by atoms with E-state index in [9.17, 15) is 0 Å². The number of hydrogen-bond donors (Lipinski definition) is 0. The summed E-state index contributed by atoms with van der Waals surface area (Å²) in [6.07, 6.45) is 0. The van der Waals surface area contributed by atoms with Gasteiger partial charge in [-0.2, -0.15) is 0 Å². The lowest BCUT2D eigenvalue weighted by molar-refractivity contribution is 1.09. The van der Waals surface area contributed by atoms with Crippen LogP contribution in [0.2, 0.25) is 82.8 Å². The van der Waals surface area contributed by atoms with Crippen molar-refractivity contribution in [3.63, 3.8) is 0 Å². The third-order valence-electron chi connectivity index (χ3n) is 4.73. The van der Waals surface area contributed by atoms with Gasteiger partial charge >= 0.3 is 0 Å². The van der Waals surface area contributed by atoms with Gasteiger partial charge in [0.25, 0.3) is 0 Å². The van der Waals surface area contributed by atoms with Gasteiger partial charge in [0.15, 0.2) is 0 Å². The lowest BCUT2D eigenvalue weighted by atomic mass is 10.7. The van der Waals surface area contributed by atoms with Crippen molar-refractivity contribution in [2.75, 3.05) is 0 Å². The molecular formula is C15H38Si4. The lowest BCUT2D eigenvalue weighted by Crippen LogP contribution is -2.68. The molecular weight excluding hydrogens is 293 g/mol. The van der Waals surface area contributed by atoms with Crippen LogP contribution in [-0.2, 0) is 0 Å². The molecule has 0 bridgehead atoms. The Morgan fingerprint density at radius 2 is 0.789 bits per heavy atom. The summed E-state index contributed by atoms with van der Waals surface area (Å²) < 4.78 is 0.539. The summed E-state index contributed by atoms with van der Waals surface area (Å²) in [5.74, 6) is 0. The van der Waals surface area contributed by atoms with Gasteiger partial charge in [-0.25, -0.2) is 0 Å². The Morgan fingerprint density at radius 3 is 0.842 bits per heavy atom. The van der Waals surface area contributed by atoms with Crippen LogP contribution < -0.4 is 0 Å². The highest BCUT2D eigenvalue weighted by Gasteiger charge is 2.62. The molecule has 0 amide bonds. The fourth-order valence-corrected chi connectivity index (χ4v) is 42.9. The first kappa shape index (κ1) is 19.6. The first-order chi connectivity index (χ1) is 7.90. The van der Waals surface area contributed by atoms with Gasteiger partial charge in [-0.1, -0.05) is 83.8 Å². The molecule has 0 rings (SSSR count). The molecule has 0 N–H and O–H groups in total. The molecule has 0 nitrogen and oxygen atoms in total. The molecule has 0 aliphatic heterocycles. The highest BCUT2D eigenvalue weighted by atomic mass is 28.5. The molecule has 0 fully saturated rings. The van der Waals surface area contributed by atoms with Gasteiger partial charge in [0.2, 0.25) is 0 Å². The van der Waals surface area contributed by atoms with E-state index in [1.54, 1.807) is 5.20 Å². The summed E-state index contributed by atoms with van der Waals surface area (Å²) in [4.78, 5) is 0. The largest absolute Gasteiger partial charge is 0.104 e. The highest BCUT2D eigenvalue weighted by Crippen LogP contribution is 2.60. The third kappa shape index (κ3) is 3.27. The molecule has 0 unspecified atom stereocenters. The molecule has 0 aliphatic carbocycles. The monoisotopic (exact) mass is 330 g/mol. The first-order valence-corrected chi connectivity index (χ1v) is 21.6. The van der Waals surface area contributed by atoms with Gasteiger partial charge < -0.3 is 0 Å². The van der Waals surface area contributed by atoms with Crippen LogP contribution in [0.4, 0.5) is 0 Å². The van der Waals surface area contributed by atoms with Crippen LogP contribution in [0.5, 0.6) is 0 Å². The molecule has 0 radical (unpaired) electrons. The summed E-state index contributed by atoms with van der Waals surface area (Å²) in [5.41, 5.74) is 0. The fraction of sp³-hybridized carbons (Fsp3) is 0.867. The molecule has 0 heterocycles. The summed E-state index contributed by atoms with van der Waals surface area (Å²) in [6, 6.07) is 0. The van der Waals surface area contributed by atoms with Crippen molar-refractivity contribution >= 4 is 32.3 Å². The van der Waals surface area contributed by atoms with Crippen LogP contribution in [-0.4, -0.2) is 32.3 Å². The van der Waals surface area contributed by atoms with E-state index >= 15 is 0 Å². The van der Waals surface area contributed by atoms with Crippen molar-refractivity contribution in [2.24, 2.45) is 0 Å². The standard InChI is InChI=1S/C15H38Si4/c1-14(16(2,3)4)15(17(5,6)7,18(8,9)10)19(11,12)13/h1H2,2-13H3. The van der Waals surface area contributed by atoms with E-state index in [0.29, 0.717) is 4.28 Å². The Kier molecular flexibility index (Phi) is 5.27. The second-order valence-electron chi connectivity index (χ2n) is 10.2. The average Bonchev–Trinajstić information content (AvgIpc) is 1.92. The van der Waals surface area contributed by atoms with Gasteiger partial charge in [0.05, 0.1) is 8.07 Å². The minimum absolute atomic E-state index is 0.539. The number of allylic oxidation sites excluding steroid dienone is 1. The number of hydrogen-bond acceptors (Lipinski definition) is 0. The van der Waals surface area contributed by atoms with Gasteiger partial charge in [-0.05, 0) is 4.28 Å². The lowest BCUT2D eigenvalue weighted by Gasteiger charge is -2.62. The predicted molar refractivity (Wildman–Crippen MR) is 105 cm³/mol. The van der Waals surface area contributed by atoms with Crippen molar-refractivity contribution in [3.8, 4) is 0 Å². The Labute approximate surface area is 127 Å². The van der Waals surface area contributed by atoms with Crippen LogP contribution in [0.25, 0.3) is 0 Å². The molecule has 4 heteroatoms. The minimum Gasteiger partial charge on any atom is -0.104 e. The summed E-state index contributed by atoms with van der Waals surface area (Å²) >= 11 is 0. The maximum atomic E-state index is 4.76. The maximum absolute atomic E-state index is 4.76. The smallest absolute Gasteiger partial charge is 0.0712 e. The Balaban J connectivity index is 6.55. The van der Waals surface area contributed by atoms with Crippen LogP contribution in [0.1, 0.15) is 0 Å². The zero-order valence-corrected chi connectivity index (χ0v) is 19.7. The zero-order chi connectivity index (χ0) is 16.1. The normalized spacial score (nSPS) is 15.6. The SMILES string of the molecule is C=C(C([Si](C)(C)C)([Si](C)(C)C)[Si](C)(C)C)[Si](C)(C)C. The summed E-state index contributed by atoms with van der Waals surface area (Å²) in [7, 11) is -5.28. The van der Waals surface area contributed by atoms with E-state index in [2.05, 4.69) is 78.6 Å². The van der Waals surface area contributed by atoms with E-state index in [4.69, 9.17) is 6.58 Å². The van der Waals surface area contributed by atoms with Crippen LogP contribution in [0.15, 0.2) is 11.8 Å². The van der Waals surface area contributed by atoms with Gasteiger partial charge in [-0.15, -0.1) is 6.58 Å². The van der Waals surface area contributed by atoms with Crippen molar-refractivity contribution in [3.05, 3.63) is 11.8 Å². The molecule has 0 atom stereocenters. The Morgan fingerprint density at radius 1 is 0.579 bits per heavy atom. The van der Waals surface area contributed by atoms with Gasteiger partial charge in [-0.3, -0.25) is 0 Å². The zero-order valence-electron chi connectivity index (χ0n) is 15.7. The Bertz CT molecular complexity index is 306. The molecule has 114 valence electrons. The van der Waals surface area contributed by atoms with Crippen LogP contribution in [0, 0.1) is 0 Å². The Hall–Kier alpha value is 0.608. The second-order valence-corrected chi connectivity index (χ2v) is 32.6. The third-order valence-corrected chi connectivity index (χ3v) is 28.8. The average molecular weight is 331 g/mol. The summed E-state index contributed by atoms with van der Waals surface area (Å²) in [6.45, 7) is 35.7. The van der Waals surface area contributed by atoms with Crippen LogP contribution >= 0.6 is 0 Å². The van der Waals surface area contributed by atoms with Crippen molar-refractivity contribution in [2.45, 2.75) is 82.8 Å². The van der Waals surface area contributed by atoms with E-state index in [1.165, 1.54) is 0 Å². The fourth-order valence-electron chi connectivity index (χ4n) is 5.30. The maximum Gasteiger partial charge on any atom is 0.0712 e. The van der Waals surface area contributed by atoms with E-state index < -0.39 is 32.3 Å². The van der Waals surface area contributed by atoms with Crippen molar-refractivity contribution in [1.82, 2.24) is 0 Å². The molecule has 0 aromatic carbocycles. The van der Waals surface area contributed by atoms with Crippen molar-refractivity contribution in [1.29, 1.82) is 0 Å². The summed E-state index contributed by atoms with van der Waals surface area (Å²) in [5, 5.41) is 1.71.